The molecule has 4 heteroatoms. The van der Waals surface area contributed by atoms with Gasteiger partial charge in [-0.1, -0.05) is 24.3 Å². The summed E-state index contributed by atoms with van der Waals surface area (Å²) in [6, 6.07) is 13.2. The van der Waals surface area contributed by atoms with E-state index in [1.54, 1.807) is 6.07 Å². The lowest BCUT2D eigenvalue weighted by molar-refractivity contribution is 0.0663. The molecule has 0 unspecified atom stereocenters. The lowest BCUT2D eigenvalue weighted by Gasteiger charge is -2.32. The van der Waals surface area contributed by atoms with E-state index in [9.17, 15) is 9.59 Å². The van der Waals surface area contributed by atoms with E-state index in [0.29, 0.717) is 12.0 Å². The number of piperazine rings is 1. The molecule has 2 aromatic rings. The highest BCUT2D eigenvalue weighted by atomic mass is 16.2. The van der Waals surface area contributed by atoms with Crippen molar-refractivity contribution < 1.29 is 9.59 Å². The molecule has 1 amide bonds. The molecular formula is C20H20N2O2. The van der Waals surface area contributed by atoms with Crippen molar-refractivity contribution in [3.8, 4) is 0 Å². The monoisotopic (exact) mass is 320 g/mol. The fourth-order valence-corrected chi connectivity index (χ4v) is 3.53. The van der Waals surface area contributed by atoms with Crippen molar-refractivity contribution in [3.63, 3.8) is 0 Å². The number of fused-ring (bicyclic) bond motifs is 2. The molecule has 1 heterocycles. The molecule has 1 fully saturated rings. The molecule has 0 radical (unpaired) electrons. The van der Waals surface area contributed by atoms with Gasteiger partial charge in [0, 0.05) is 42.9 Å². The lowest BCUT2D eigenvalue weighted by atomic mass is 9.84. The van der Waals surface area contributed by atoms with Gasteiger partial charge in [0.25, 0.3) is 5.91 Å². The second-order valence-corrected chi connectivity index (χ2v) is 6.63. The van der Waals surface area contributed by atoms with E-state index in [-0.39, 0.29) is 11.7 Å². The Bertz CT molecular complexity index is 820. The fourth-order valence-electron chi connectivity index (χ4n) is 3.53. The van der Waals surface area contributed by atoms with Gasteiger partial charge in [-0.25, -0.2) is 0 Å². The van der Waals surface area contributed by atoms with Crippen LogP contribution in [-0.4, -0.2) is 54.7 Å². The molecule has 24 heavy (non-hydrogen) atoms. The molecule has 0 spiro atoms. The van der Waals surface area contributed by atoms with Crippen molar-refractivity contribution in [1.29, 1.82) is 0 Å². The molecule has 1 aliphatic carbocycles. The van der Waals surface area contributed by atoms with Gasteiger partial charge in [-0.15, -0.1) is 0 Å². The Labute approximate surface area is 141 Å². The van der Waals surface area contributed by atoms with Gasteiger partial charge >= 0.3 is 0 Å². The maximum Gasteiger partial charge on any atom is 0.253 e. The molecule has 0 saturated carbocycles. The maximum atomic E-state index is 12.7. The van der Waals surface area contributed by atoms with Gasteiger partial charge in [-0.2, -0.15) is 0 Å². The summed E-state index contributed by atoms with van der Waals surface area (Å²) in [5, 5.41) is 0. The number of likely N-dealkylation sites (N-methyl/N-ethyl adjacent to an activating group) is 1. The van der Waals surface area contributed by atoms with Crippen LogP contribution in [0, 0.1) is 0 Å². The first-order chi connectivity index (χ1) is 11.6. The molecule has 1 saturated heterocycles. The van der Waals surface area contributed by atoms with Crippen molar-refractivity contribution in [3.05, 3.63) is 70.3 Å². The third-order valence-corrected chi connectivity index (χ3v) is 5.03. The van der Waals surface area contributed by atoms with Crippen LogP contribution in [0.5, 0.6) is 0 Å². The molecule has 4 nitrogen and oxygen atoms in total. The molecule has 2 aliphatic rings. The van der Waals surface area contributed by atoms with Crippen LogP contribution in [0.15, 0.2) is 42.5 Å². The van der Waals surface area contributed by atoms with Crippen LogP contribution in [0.25, 0.3) is 0 Å². The highest BCUT2D eigenvalue weighted by Gasteiger charge is 2.25. The molecule has 0 aromatic heterocycles. The van der Waals surface area contributed by atoms with Crippen LogP contribution in [-0.2, 0) is 6.42 Å². The highest BCUT2D eigenvalue weighted by molar-refractivity contribution is 6.12. The molecule has 0 atom stereocenters. The third kappa shape index (κ3) is 2.53. The number of benzene rings is 2. The predicted molar refractivity (Wildman–Crippen MR) is 92.5 cm³/mol. The first-order valence-corrected chi connectivity index (χ1v) is 8.37. The predicted octanol–water partition coefficient (Wildman–Crippen LogP) is 2.21. The fraction of sp³-hybridized carbons (Fsp3) is 0.300. The summed E-state index contributed by atoms with van der Waals surface area (Å²) in [6.45, 7) is 3.33. The van der Waals surface area contributed by atoms with Crippen molar-refractivity contribution >= 4 is 11.7 Å². The second-order valence-electron chi connectivity index (χ2n) is 6.63. The van der Waals surface area contributed by atoms with Crippen LogP contribution >= 0.6 is 0 Å². The van der Waals surface area contributed by atoms with E-state index < -0.39 is 0 Å². The number of carbonyl (C=O) groups excluding carboxylic acids is 2. The molecule has 4 rings (SSSR count). The Morgan fingerprint density at radius 1 is 0.917 bits per heavy atom. The normalized spacial score (nSPS) is 17.4. The van der Waals surface area contributed by atoms with E-state index in [0.717, 1.165) is 48.4 Å². The summed E-state index contributed by atoms with van der Waals surface area (Å²) >= 11 is 0. The Hall–Kier alpha value is -2.46. The first-order valence-electron chi connectivity index (χ1n) is 8.37. The zero-order valence-corrected chi connectivity index (χ0v) is 13.8. The van der Waals surface area contributed by atoms with E-state index in [1.807, 2.05) is 41.3 Å². The van der Waals surface area contributed by atoms with Gasteiger partial charge in [0.05, 0.1) is 0 Å². The molecule has 0 N–H and O–H groups in total. The molecule has 2 aromatic carbocycles. The molecule has 1 aliphatic heterocycles. The third-order valence-electron chi connectivity index (χ3n) is 5.03. The molecule has 122 valence electrons. The smallest absolute Gasteiger partial charge is 0.253 e. The van der Waals surface area contributed by atoms with E-state index >= 15 is 0 Å². The van der Waals surface area contributed by atoms with E-state index in [4.69, 9.17) is 0 Å². The summed E-state index contributed by atoms with van der Waals surface area (Å²) in [5.74, 6) is 0.127. The van der Waals surface area contributed by atoms with Gasteiger partial charge in [-0.3, -0.25) is 9.59 Å². The van der Waals surface area contributed by atoms with Crippen molar-refractivity contribution in [2.45, 2.75) is 6.42 Å². The first kappa shape index (κ1) is 15.1. The standard InChI is InChI=1S/C20H20N2O2/c1-21-8-10-22(11-9-21)20(24)15-6-7-18-16(13-15)12-14-4-2-3-5-17(14)19(18)23/h2-7,13H,8-12H2,1H3. The highest BCUT2D eigenvalue weighted by Crippen LogP contribution is 2.28. The van der Waals surface area contributed by atoms with Gasteiger partial charge < -0.3 is 9.80 Å². The van der Waals surface area contributed by atoms with E-state index in [2.05, 4.69) is 11.9 Å². The summed E-state index contributed by atoms with van der Waals surface area (Å²) in [4.78, 5) is 29.5. The maximum absolute atomic E-state index is 12.7. The number of hydrogen-bond donors (Lipinski definition) is 0. The summed E-state index contributed by atoms with van der Waals surface area (Å²) in [7, 11) is 2.07. The number of hydrogen-bond acceptors (Lipinski definition) is 3. The van der Waals surface area contributed by atoms with Crippen LogP contribution in [0.3, 0.4) is 0 Å². The minimum atomic E-state index is 0.0606. The van der Waals surface area contributed by atoms with Gasteiger partial charge in [0.2, 0.25) is 0 Å². The number of nitrogens with zero attached hydrogens (tertiary/aromatic N) is 2. The summed E-state index contributed by atoms with van der Waals surface area (Å²) < 4.78 is 0. The number of amides is 1. The SMILES string of the molecule is CN1CCN(C(=O)c2ccc3c(c2)Cc2ccccc2C3=O)CC1. The number of ketones is 1. The topological polar surface area (TPSA) is 40.6 Å². The quantitative estimate of drug-likeness (QED) is 0.690. The Morgan fingerprint density at radius 3 is 2.42 bits per heavy atom. The minimum Gasteiger partial charge on any atom is -0.336 e. The Balaban J connectivity index is 1.63. The minimum absolute atomic E-state index is 0.0606. The second kappa shape index (κ2) is 5.87. The van der Waals surface area contributed by atoms with Gasteiger partial charge in [0.1, 0.15) is 0 Å². The summed E-state index contributed by atoms with van der Waals surface area (Å²) in [6.07, 6.45) is 0.709. The van der Waals surface area contributed by atoms with Crippen molar-refractivity contribution in [2.24, 2.45) is 0 Å². The molecule has 0 bridgehead atoms. The van der Waals surface area contributed by atoms with Gasteiger partial charge in [-0.05, 0) is 42.8 Å². The number of carbonyl (C=O) groups is 2. The zero-order chi connectivity index (χ0) is 16.7. The van der Waals surface area contributed by atoms with Gasteiger partial charge in [0.15, 0.2) is 5.78 Å². The van der Waals surface area contributed by atoms with Crippen LogP contribution < -0.4 is 0 Å². The molecular weight excluding hydrogens is 300 g/mol. The Morgan fingerprint density at radius 2 is 1.62 bits per heavy atom. The average Bonchev–Trinajstić information content (AvgIpc) is 2.61. The summed E-state index contributed by atoms with van der Waals surface area (Å²) in [5.41, 5.74) is 4.19. The van der Waals surface area contributed by atoms with Crippen LogP contribution in [0.2, 0.25) is 0 Å². The lowest BCUT2D eigenvalue weighted by Crippen LogP contribution is -2.47. The Kier molecular flexibility index (Phi) is 3.69. The van der Waals surface area contributed by atoms with Crippen molar-refractivity contribution in [2.75, 3.05) is 33.2 Å². The largest absolute Gasteiger partial charge is 0.336 e. The zero-order valence-electron chi connectivity index (χ0n) is 13.8. The number of rotatable bonds is 1. The van der Waals surface area contributed by atoms with E-state index in [1.165, 1.54) is 0 Å². The average molecular weight is 320 g/mol. The van der Waals surface area contributed by atoms with Crippen LogP contribution in [0.1, 0.15) is 37.4 Å². The van der Waals surface area contributed by atoms with Crippen LogP contribution in [0.4, 0.5) is 0 Å². The van der Waals surface area contributed by atoms with Crippen molar-refractivity contribution in [1.82, 2.24) is 9.80 Å².